The van der Waals surface area contributed by atoms with E-state index >= 15 is 0 Å². The summed E-state index contributed by atoms with van der Waals surface area (Å²) in [5.74, 6) is -4.36. The minimum Gasteiger partial charge on any atom is -0.444 e. The van der Waals surface area contributed by atoms with Gasteiger partial charge in [0.25, 0.3) is 5.91 Å². The van der Waals surface area contributed by atoms with Crippen molar-refractivity contribution in [2.75, 3.05) is 27.2 Å². The number of alkyl carbamates (subject to hydrolysis) is 1. The van der Waals surface area contributed by atoms with Gasteiger partial charge < -0.3 is 40.5 Å². The maximum Gasteiger partial charge on any atom is 0.408 e. The molecule has 4 aliphatic rings. The van der Waals surface area contributed by atoms with E-state index in [-0.39, 0.29) is 36.6 Å². The molecular weight excluding hydrogens is 729 g/mol. The Labute approximate surface area is 327 Å². The molecule has 0 radical (unpaired) electrons. The summed E-state index contributed by atoms with van der Waals surface area (Å²) in [5, 5.41) is 12.5. The zero-order valence-electron chi connectivity index (χ0n) is 33.1. The van der Waals surface area contributed by atoms with Gasteiger partial charge >= 0.3 is 6.09 Å². The molecule has 5 rings (SSSR count). The second-order valence-corrected chi connectivity index (χ2v) is 18.3. The van der Waals surface area contributed by atoms with Gasteiger partial charge in [0.2, 0.25) is 29.4 Å². The molecule has 2 saturated carbocycles. The lowest BCUT2D eigenvalue weighted by molar-refractivity contribution is -0.145. The second-order valence-electron chi connectivity index (χ2n) is 17.3. The van der Waals surface area contributed by atoms with E-state index in [1.165, 1.54) is 21.1 Å². The molecule has 304 valence electrons. The standard InChI is InChI=1S/C39H58N6O9S/c1-38(2,3)54-37(52)43-29(23-12-9-8-10-13-23)36(51)45-21-26-24(19-39(4,5)53-26)31(45)33(48)41-25(18-22-15-16-22)32(47)34(49)40-20-28(46)42-30(35(50)44(6)7)27-14-11-17-55-27/h11,14,17,22-26,29-31H,8-10,12-13,15-16,18-21H2,1-7H3,(H,40,49)(H,41,48)(H,42,46)(H,43,52)/t24-,25-,26-,29-,30?,31-/m0/s1. The van der Waals surface area contributed by atoms with Crippen molar-refractivity contribution in [2.45, 2.75) is 134 Å². The third-order valence-corrected chi connectivity index (χ3v) is 11.7. The lowest BCUT2D eigenvalue weighted by Crippen LogP contribution is -2.59. The monoisotopic (exact) mass is 786 g/mol. The number of nitrogens with one attached hydrogen (secondary N) is 4. The topological polar surface area (TPSA) is 193 Å². The molecule has 15 nitrogen and oxygen atoms in total. The number of rotatable bonds is 14. The van der Waals surface area contributed by atoms with Crippen molar-refractivity contribution in [1.29, 1.82) is 0 Å². The first-order chi connectivity index (χ1) is 25.8. The Hall–Kier alpha value is -4.05. The third-order valence-electron chi connectivity index (χ3n) is 10.8. The van der Waals surface area contributed by atoms with Crippen molar-refractivity contribution in [2.24, 2.45) is 17.8 Å². The van der Waals surface area contributed by atoms with Crippen LogP contribution in [0.15, 0.2) is 17.5 Å². The minimum absolute atomic E-state index is 0.129. The SMILES string of the molecule is CN(C)C(=O)C(NC(=O)CNC(=O)C(=O)[C@H](CC1CC1)NC(=O)[C@@H]1[C@H]2CC(C)(C)O[C@H]2CN1C(=O)[C@@H](NC(=O)OC(C)(C)C)C1CCCCC1)c1cccs1. The number of fused-ring (bicyclic) bond motifs is 1. The summed E-state index contributed by atoms with van der Waals surface area (Å²) in [7, 11) is 3.14. The van der Waals surface area contributed by atoms with Gasteiger partial charge in [0.05, 0.1) is 24.3 Å². The van der Waals surface area contributed by atoms with Gasteiger partial charge in [0.1, 0.15) is 23.7 Å². The van der Waals surface area contributed by atoms with Gasteiger partial charge in [-0.05, 0) is 83.6 Å². The van der Waals surface area contributed by atoms with Crippen LogP contribution in [0.4, 0.5) is 4.79 Å². The largest absolute Gasteiger partial charge is 0.444 e. The molecule has 6 atom stereocenters. The van der Waals surface area contributed by atoms with Gasteiger partial charge in [-0.3, -0.25) is 28.8 Å². The fourth-order valence-electron chi connectivity index (χ4n) is 8.06. The predicted octanol–water partition coefficient (Wildman–Crippen LogP) is 2.83. The van der Waals surface area contributed by atoms with Crippen LogP contribution in [-0.2, 0) is 38.2 Å². The van der Waals surface area contributed by atoms with Crippen LogP contribution in [0.5, 0.6) is 0 Å². The highest BCUT2D eigenvalue weighted by Gasteiger charge is 2.56. The Bertz CT molecular complexity index is 1600. The number of hydrogen-bond acceptors (Lipinski definition) is 10. The molecule has 4 N–H and O–H groups in total. The lowest BCUT2D eigenvalue weighted by atomic mass is 9.83. The van der Waals surface area contributed by atoms with E-state index in [1.807, 2.05) is 13.8 Å². The molecule has 2 aliphatic carbocycles. The maximum atomic E-state index is 14.6. The molecule has 0 spiro atoms. The van der Waals surface area contributed by atoms with E-state index < -0.39 is 83.5 Å². The summed E-state index contributed by atoms with van der Waals surface area (Å²) >= 11 is 1.30. The molecule has 4 fully saturated rings. The summed E-state index contributed by atoms with van der Waals surface area (Å²) in [6, 6.07) is -0.619. The summed E-state index contributed by atoms with van der Waals surface area (Å²) < 4.78 is 11.9. The average molecular weight is 787 g/mol. The number of ether oxygens (including phenoxy) is 2. The van der Waals surface area contributed by atoms with Gasteiger partial charge in [0.15, 0.2) is 0 Å². The minimum atomic E-state index is -1.20. The van der Waals surface area contributed by atoms with E-state index in [1.54, 1.807) is 52.4 Å². The fraction of sp³-hybridized carbons (Fsp3) is 0.718. The summed E-state index contributed by atoms with van der Waals surface area (Å²) in [6.45, 7) is 8.66. The Kier molecular flexibility index (Phi) is 13.3. The summed E-state index contributed by atoms with van der Waals surface area (Å²) in [6.07, 6.45) is 5.56. The van der Waals surface area contributed by atoms with E-state index in [4.69, 9.17) is 9.47 Å². The number of carbonyl (C=O) groups is 7. The van der Waals surface area contributed by atoms with Crippen molar-refractivity contribution in [3.05, 3.63) is 22.4 Å². The molecule has 3 heterocycles. The molecule has 1 aromatic heterocycles. The Morgan fingerprint density at radius 3 is 2.29 bits per heavy atom. The quantitative estimate of drug-likeness (QED) is 0.205. The highest BCUT2D eigenvalue weighted by atomic mass is 32.1. The smallest absolute Gasteiger partial charge is 0.408 e. The van der Waals surface area contributed by atoms with Crippen LogP contribution >= 0.6 is 11.3 Å². The van der Waals surface area contributed by atoms with Gasteiger partial charge in [0, 0.05) is 31.4 Å². The van der Waals surface area contributed by atoms with Crippen LogP contribution < -0.4 is 21.3 Å². The Balaban J connectivity index is 1.31. The van der Waals surface area contributed by atoms with E-state index in [2.05, 4.69) is 21.3 Å². The zero-order chi connectivity index (χ0) is 40.2. The number of hydrogen-bond donors (Lipinski definition) is 4. The van der Waals surface area contributed by atoms with Crippen LogP contribution in [-0.4, -0.2) is 114 Å². The lowest BCUT2D eigenvalue weighted by Gasteiger charge is -2.36. The first-order valence-electron chi connectivity index (χ1n) is 19.5. The first kappa shape index (κ1) is 42.1. The van der Waals surface area contributed by atoms with Crippen molar-refractivity contribution >= 4 is 52.7 Å². The first-order valence-corrected chi connectivity index (χ1v) is 20.4. The number of likely N-dealkylation sites (tertiary alicyclic amines) is 1. The summed E-state index contributed by atoms with van der Waals surface area (Å²) in [4.78, 5) is 98.2. The zero-order valence-corrected chi connectivity index (χ0v) is 33.9. The van der Waals surface area contributed by atoms with E-state index in [9.17, 15) is 33.6 Å². The molecular formula is C39H58N6O9S. The Morgan fingerprint density at radius 2 is 1.69 bits per heavy atom. The van der Waals surface area contributed by atoms with Gasteiger partial charge in [-0.25, -0.2) is 4.79 Å². The van der Waals surface area contributed by atoms with Crippen molar-refractivity contribution in [3.8, 4) is 0 Å². The number of carbonyl (C=O) groups excluding carboxylic acids is 7. The number of amides is 6. The van der Waals surface area contributed by atoms with Crippen LogP contribution in [0.25, 0.3) is 0 Å². The Morgan fingerprint density at radius 1 is 1.00 bits per heavy atom. The van der Waals surface area contributed by atoms with Crippen LogP contribution in [0.2, 0.25) is 0 Å². The number of Topliss-reactive ketones (excluding diaryl/α,β-unsaturated/α-hetero) is 1. The molecule has 1 unspecified atom stereocenters. The highest BCUT2D eigenvalue weighted by molar-refractivity contribution is 7.10. The van der Waals surface area contributed by atoms with Gasteiger partial charge in [-0.1, -0.05) is 38.2 Å². The molecule has 0 bridgehead atoms. The molecule has 0 aromatic carbocycles. The van der Waals surface area contributed by atoms with E-state index in [0.29, 0.717) is 11.3 Å². The fourth-order valence-corrected chi connectivity index (χ4v) is 8.82. The molecule has 2 aliphatic heterocycles. The number of thiophene rings is 1. The van der Waals surface area contributed by atoms with Crippen molar-refractivity contribution in [1.82, 2.24) is 31.1 Å². The van der Waals surface area contributed by atoms with Crippen LogP contribution in [0.3, 0.4) is 0 Å². The number of ketones is 1. The molecule has 6 amide bonds. The molecule has 1 aromatic rings. The molecule has 16 heteroatoms. The van der Waals surface area contributed by atoms with Gasteiger partial charge in [-0.2, -0.15) is 0 Å². The molecule has 55 heavy (non-hydrogen) atoms. The van der Waals surface area contributed by atoms with Crippen LogP contribution in [0.1, 0.15) is 103 Å². The highest BCUT2D eigenvalue weighted by Crippen LogP contribution is 2.44. The van der Waals surface area contributed by atoms with Crippen molar-refractivity contribution in [3.63, 3.8) is 0 Å². The number of likely N-dealkylation sites (N-methyl/N-ethyl adjacent to an activating group) is 1. The normalized spacial score (nSPS) is 23.8. The maximum absolute atomic E-state index is 14.6. The van der Waals surface area contributed by atoms with Crippen molar-refractivity contribution < 1.29 is 43.0 Å². The number of nitrogens with zero attached hydrogens (tertiary/aromatic N) is 2. The summed E-state index contributed by atoms with van der Waals surface area (Å²) in [5.41, 5.74) is -1.34. The predicted molar refractivity (Wildman–Crippen MR) is 203 cm³/mol. The van der Waals surface area contributed by atoms with E-state index in [0.717, 1.165) is 44.9 Å². The molecule has 2 saturated heterocycles. The third kappa shape index (κ3) is 11.0. The average Bonchev–Trinajstić information content (AvgIpc) is 3.48. The second kappa shape index (κ2) is 17.4. The van der Waals surface area contributed by atoms with Gasteiger partial charge in [-0.15, -0.1) is 11.3 Å². The van der Waals surface area contributed by atoms with Crippen LogP contribution in [0, 0.1) is 17.8 Å².